The SMILES string of the molecule is CC(C)(C)OC(=O)CC(Nc1nnc(NC(=O)c2ccc3cccnc3c2O)s1)C(=O)OC(C)(C)C. The van der Waals surface area contributed by atoms with Gasteiger partial charge in [-0.25, -0.2) is 4.79 Å². The quantitative estimate of drug-likeness (QED) is 0.395. The first-order valence-electron chi connectivity index (χ1n) is 11.1. The van der Waals surface area contributed by atoms with Gasteiger partial charge in [-0.2, -0.15) is 0 Å². The van der Waals surface area contributed by atoms with Crippen LogP contribution < -0.4 is 10.6 Å². The van der Waals surface area contributed by atoms with Crippen molar-refractivity contribution in [3.05, 3.63) is 36.0 Å². The highest BCUT2D eigenvalue weighted by molar-refractivity contribution is 7.19. The van der Waals surface area contributed by atoms with Gasteiger partial charge in [0.05, 0.1) is 12.0 Å². The van der Waals surface area contributed by atoms with Crippen molar-refractivity contribution in [3.63, 3.8) is 0 Å². The number of nitrogens with one attached hydrogen (secondary N) is 2. The molecule has 36 heavy (non-hydrogen) atoms. The molecule has 3 rings (SSSR count). The van der Waals surface area contributed by atoms with Crippen molar-refractivity contribution in [3.8, 4) is 5.75 Å². The van der Waals surface area contributed by atoms with E-state index in [1.807, 2.05) is 0 Å². The molecule has 2 heterocycles. The lowest BCUT2D eigenvalue weighted by atomic mass is 10.1. The standard InChI is InChI=1S/C24H29N5O6S/c1-23(2,3)34-16(30)12-15(20(33)35-24(4,5)6)26-21-28-29-22(36-21)27-19(32)14-10-9-13-8-7-11-25-17(13)18(14)31/h7-11,15,31H,12H2,1-6H3,(H,26,28)(H,27,29,32). The summed E-state index contributed by atoms with van der Waals surface area (Å²) in [5, 5.41) is 24.7. The molecule has 1 atom stereocenters. The molecular formula is C24H29N5O6S. The van der Waals surface area contributed by atoms with Gasteiger partial charge < -0.3 is 19.9 Å². The molecule has 0 fully saturated rings. The van der Waals surface area contributed by atoms with Gasteiger partial charge in [-0.3, -0.25) is 19.9 Å². The van der Waals surface area contributed by atoms with Crippen molar-refractivity contribution >= 4 is 50.3 Å². The third kappa shape index (κ3) is 7.35. The molecule has 0 aliphatic rings. The van der Waals surface area contributed by atoms with E-state index in [2.05, 4.69) is 25.8 Å². The van der Waals surface area contributed by atoms with E-state index in [-0.39, 0.29) is 28.0 Å². The number of amides is 1. The zero-order valence-corrected chi connectivity index (χ0v) is 21.7. The number of hydrogen-bond donors (Lipinski definition) is 3. The van der Waals surface area contributed by atoms with Crippen molar-refractivity contribution in [2.24, 2.45) is 0 Å². The minimum atomic E-state index is -1.09. The Bertz CT molecular complexity index is 1280. The van der Waals surface area contributed by atoms with Crippen molar-refractivity contribution in [1.82, 2.24) is 15.2 Å². The zero-order valence-electron chi connectivity index (χ0n) is 20.9. The van der Waals surface area contributed by atoms with Crippen LogP contribution in [0.2, 0.25) is 0 Å². The molecular weight excluding hydrogens is 486 g/mol. The van der Waals surface area contributed by atoms with Crippen LogP contribution in [0.25, 0.3) is 10.9 Å². The lowest BCUT2D eigenvalue weighted by Crippen LogP contribution is -2.39. The van der Waals surface area contributed by atoms with Crippen molar-refractivity contribution in [2.45, 2.75) is 65.2 Å². The number of carbonyl (C=O) groups excluding carboxylic acids is 3. The molecule has 0 aliphatic carbocycles. The molecule has 11 nitrogen and oxygen atoms in total. The summed E-state index contributed by atoms with van der Waals surface area (Å²) in [5.41, 5.74) is -1.18. The van der Waals surface area contributed by atoms with E-state index < -0.39 is 35.1 Å². The van der Waals surface area contributed by atoms with Crippen LogP contribution in [-0.2, 0) is 19.1 Å². The van der Waals surface area contributed by atoms with E-state index in [0.717, 1.165) is 11.3 Å². The Morgan fingerprint density at radius 2 is 1.67 bits per heavy atom. The maximum Gasteiger partial charge on any atom is 0.329 e. The lowest BCUT2D eigenvalue weighted by Gasteiger charge is -2.25. The zero-order chi connectivity index (χ0) is 26.7. The molecule has 2 aromatic heterocycles. The number of benzene rings is 1. The molecule has 192 valence electrons. The highest BCUT2D eigenvalue weighted by atomic mass is 32.1. The highest BCUT2D eigenvalue weighted by Gasteiger charge is 2.30. The molecule has 0 saturated heterocycles. The number of aromatic hydroxyl groups is 1. The van der Waals surface area contributed by atoms with Crippen LogP contribution in [-0.4, -0.2) is 55.4 Å². The summed E-state index contributed by atoms with van der Waals surface area (Å²) in [6.45, 7) is 10.3. The third-order valence-electron chi connectivity index (χ3n) is 4.42. The van der Waals surface area contributed by atoms with Crippen LogP contribution in [0.1, 0.15) is 58.3 Å². The van der Waals surface area contributed by atoms with Gasteiger partial charge in [0.2, 0.25) is 10.3 Å². The van der Waals surface area contributed by atoms with E-state index in [1.54, 1.807) is 59.7 Å². The molecule has 0 spiro atoms. The first-order chi connectivity index (χ1) is 16.7. The molecule has 1 aromatic carbocycles. The average Bonchev–Trinajstić information content (AvgIpc) is 3.17. The molecule has 0 aliphatic heterocycles. The Kier molecular flexibility index (Phi) is 7.77. The summed E-state index contributed by atoms with van der Waals surface area (Å²) in [6.07, 6.45) is 1.22. The molecule has 0 radical (unpaired) electrons. The molecule has 1 amide bonds. The van der Waals surface area contributed by atoms with Crippen LogP contribution in [0.3, 0.4) is 0 Å². The number of pyridine rings is 1. The molecule has 1 unspecified atom stereocenters. The van der Waals surface area contributed by atoms with Gasteiger partial charge in [-0.15, -0.1) is 10.2 Å². The second-order valence-electron chi connectivity index (χ2n) is 9.92. The average molecular weight is 516 g/mol. The van der Waals surface area contributed by atoms with Gasteiger partial charge in [0.1, 0.15) is 22.8 Å². The van der Waals surface area contributed by atoms with Crippen molar-refractivity contribution in [2.75, 3.05) is 10.6 Å². The number of hydrogen-bond acceptors (Lipinski definition) is 11. The first kappa shape index (κ1) is 26.8. The van der Waals surface area contributed by atoms with Gasteiger partial charge >= 0.3 is 11.9 Å². The van der Waals surface area contributed by atoms with Crippen molar-refractivity contribution in [1.29, 1.82) is 0 Å². The predicted molar refractivity (Wildman–Crippen MR) is 135 cm³/mol. The number of carbonyl (C=O) groups is 3. The van der Waals surface area contributed by atoms with Gasteiger partial charge in [0, 0.05) is 11.6 Å². The summed E-state index contributed by atoms with van der Waals surface area (Å²) in [7, 11) is 0. The van der Waals surface area contributed by atoms with Crippen LogP contribution in [0.5, 0.6) is 5.75 Å². The second-order valence-corrected chi connectivity index (χ2v) is 10.9. The minimum Gasteiger partial charge on any atom is -0.505 e. The van der Waals surface area contributed by atoms with E-state index in [0.29, 0.717) is 10.9 Å². The van der Waals surface area contributed by atoms with Crippen LogP contribution in [0, 0.1) is 0 Å². The lowest BCUT2D eigenvalue weighted by molar-refractivity contribution is -0.163. The summed E-state index contributed by atoms with van der Waals surface area (Å²) < 4.78 is 10.8. The number of phenols is 1. The Hall–Kier alpha value is -3.80. The van der Waals surface area contributed by atoms with Crippen LogP contribution in [0.4, 0.5) is 10.3 Å². The van der Waals surface area contributed by atoms with E-state index in [9.17, 15) is 19.5 Å². The number of fused-ring (bicyclic) bond motifs is 1. The van der Waals surface area contributed by atoms with Gasteiger partial charge in [-0.05, 0) is 53.7 Å². The number of aromatic nitrogens is 3. The smallest absolute Gasteiger partial charge is 0.329 e. The Morgan fingerprint density at radius 3 is 2.33 bits per heavy atom. The van der Waals surface area contributed by atoms with Crippen LogP contribution in [0.15, 0.2) is 30.5 Å². The number of ether oxygens (including phenoxy) is 2. The normalized spacial score (nSPS) is 12.6. The highest BCUT2D eigenvalue weighted by Crippen LogP contribution is 2.29. The minimum absolute atomic E-state index is 0.0162. The fraction of sp³-hybridized carbons (Fsp3) is 0.417. The van der Waals surface area contributed by atoms with Crippen molar-refractivity contribution < 1.29 is 29.0 Å². The summed E-state index contributed by atoms with van der Waals surface area (Å²) in [5.74, 6) is -2.12. The summed E-state index contributed by atoms with van der Waals surface area (Å²) >= 11 is 0.947. The van der Waals surface area contributed by atoms with Gasteiger partial charge in [-0.1, -0.05) is 23.5 Å². The molecule has 3 N–H and O–H groups in total. The third-order valence-corrected chi connectivity index (χ3v) is 5.19. The monoisotopic (exact) mass is 515 g/mol. The van der Waals surface area contributed by atoms with E-state index in [4.69, 9.17) is 9.47 Å². The van der Waals surface area contributed by atoms with Crippen LogP contribution >= 0.6 is 11.3 Å². The Morgan fingerprint density at radius 1 is 1.00 bits per heavy atom. The maximum absolute atomic E-state index is 12.7. The van der Waals surface area contributed by atoms with E-state index >= 15 is 0 Å². The topological polar surface area (TPSA) is 153 Å². The molecule has 3 aromatic rings. The van der Waals surface area contributed by atoms with Gasteiger partial charge in [0.15, 0.2) is 5.75 Å². The Labute approximate surface area is 212 Å². The number of anilines is 2. The van der Waals surface area contributed by atoms with Gasteiger partial charge in [0.25, 0.3) is 5.91 Å². The summed E-state index contributed by atoms with van der Waals surface area (Å²) in [6, 6.07) is 5.56. The second kappa shape index (κ2) is 10.4. The molecule has 0 saturated carbocycles. The number of nitrogens with zero attached hydrogens (tertiary/aromatic N) is 3. The summed E-state index contributed by atoms with van der Waals surface area (Å²) in [4.78, 5) is 42.0. The maximum atomic E-state index is 12.7. The number of phenolic OH excluding ortho intramolecular Hbond substituents is 1. The molecule has 12 heteroatoms. The Balaban J connectivity index is 1.74. The largest absolute Gasteiger partial charge is 0.505 e. The predicted octanol–water partition coefficient (Wildman–Crippen LogP) is 3.90. The number of esters is 2. The number of rotatable bonds is 7. The molecule has 0 bridgehead atoms. The first-order valence-corrected chi connectivity index (χ1v) is 12.0. The fourth-order valence-corrected chi connectivity index (χ4v) is 3.77. The van der Waals surface area contributed by atoms with E-state index in [1.165, 1.54) is 12.3 Å². The fourth-order valence-electron chi connectivity index (χ4n) is 3.07.